The molecule has 35 heavy (non-hydrogen) atoms. The largest absolute Gasteiger partial charge is 0.497 e. The molecule has 184 valence electrons. The molecule has 5 heteroatoms. The van der Waals surface area contributed by atoms with Gasteiger partial charge in [-0.05, 0) is 86.3 Å². The SMILES string of the molecule is COc1cccc(CN(Cc2ccc(N3CCCC3)cc2)c2ccnc(CN3CCCCC3)c2)c1. The van der Waals surface area contributed by atoms with E-state index >= 15 is 0 Å². The van der Waals surface area contributed by atoms with Gasteiger partial charge in [-0.1, -0.05) is 30.7 Å². The number of hydrogen-bond acceptors (Lipinski definition) is 5. The van der Waals surface area contributed by atoms with E-state index in [1.807, 2.05) is 12.3 Å². The van der Waals surface area contributed by atoms with Crippen LogP contribution in [0.1, 0.15) is 48.9 Å². The van der Waals surface area contributed by atoms with Crippen LogP contribution in [0.5, 0.6) is 5.75 Å². The minimum Gasteiger partial charge on any atom is -0.497 e. The first-order valence-electron chi connectivity index (χ1n) is 13.2. The number of hydrogen-bond donors (Lipinski definition) is 0. The highest BCUT2D eigenvalue weighted by molar-refractivity contribution is 5.51. The number of rotatable bonds is 9. The summed E-state index contributed by atoms with van der Waals surface area (Å²) in [5.41, 5.74) is 6.29. The lowest BCUT2D eigenvalue weighted by Gasteiger charge is -2.28. The molecule has 0 radical (unpaired) electrons. The van der Waals surface area contributed by atoms with Gasteiger partial charge in [0.1, 0.15) is 5.75 Å². The Labute approximate surface area is 210 Å². The normalized spacial score (nSPS) is 16.4. The minimum atomic E-state index is 0.818. The maximum absolute atomic E-state index is 5.49. The Morgan fingerprint density at radius 1 is 0.800 bits per heavy atom. The van der Waals surface area contributed by atoms with Gasteiger partial charge in [-0.3, -0.25) is 9.88 Å². The number of aromatic nitrogens is 1. The maximum atomic E-state index is 5.49. The van der Waals surface area contributed by atoms with E-state index in [1.54, 1.807) is 7.11 Å². The third-order valence-electron chi connectivity index (χ3n) is 7.29. The number of likely N-dealkylation sites (tertiary alicyclic amines) is 1. The van der Waals surface area contributed by atoms with Gasteiger partial charge < -0.3 is 14.5 Å². The van der Waals surface area contributed by atoms with Crippen molar-refractivity contribution in [3.8, 4) is 5.75 Å². The number of ether oxygens (including phenoxy) is 1. The molecular formula is C30H38N4O. The standard InChI is InChI=1S/C30H38N4O/c1-35-30-9-7-8-26(20-30)23-34(22-25-10-12-28(13-11-25)33-18-5-6-19-33)29-14-15-31-27(21-29)24-32-16-3-2-4-17-32/h7-15,20-21H,2-6,16-19,22-24H2,1H3. The first-order valence-corrected chi connectivity index (χ1v) is 13.2. The Morgan fingerprint density at radius 3 is 2.31 bits per heavy atom. The molecule has 5 rings (SSSR count). The summed E-state index contributed by atoms with van der Waals surface area (Å²) in [6, 6.07) is 22.0. The topological polar surface area (TPSA) is 31.8 Å². The van der Waals surface area contributed by atoms with Crippen LogP contribution in [0.25, 0.3) is 0 Å². The lowest BCUT2D eigenvalue weighted by Crippen LogP contribution is -2.29. The summed E-state index contributed by atoms with van der Waals surface area (Å²) in [7, 11) is 1.73. The average molecular weight is 471 g/mol. The van der Waals surface area contributed by atoms with Gasteiger partial charge in [0.25, 0.3) is 0 Å². The number of methoxy groups -OCH3 is 1. The molecule has 0 N–H and O–H groups in total. The van der Waals surface area contributed by atoms with Crippen LogP contribution in [0.4, 0.5) is 11.4 Å². The van der Waals surface area contributed by atoms with Gasteiger partial charge in [0.2, 0.25) is 0 Å². The highest BCUT2D eigenvalue weighted by Gasteiger charge is 2.15. The van der Waals surface area contributed by atoms with Crippen LogP contribution in [-0.4, -0.2) is 43.2 Å². The number of nitrogens with zero attached hydrogens (tertiary/aromatic N) is 4. The zero-order valence-electron chi connectivity index (χ0n) is 21.0. The Hall–Kier alpha value is -3.05. The van der Waals surface area contributed by atoms with Gasteiger partial charge in [0.15, 0.2) is 0 Å². The van der Waals surface area contributed by atoms with Crippen molar-refractivity contribution >= 4 is 11.4 Å². The number of pyridine rings is 1. The fourth-order valence-corrected chi connectivity index (χ4v) is 5.33. The minimum absolute atomic E-state index is 0.818. The first kappa shape index (κ1) is 23.7. The zero-order valence-corrected chi connectivity index (χ0v) is 21.0. The molecule has 3 heterocycles. The van der Waals surface area contributed by atoms with Crippen molar-refractivity contribution in [2.75, 3.05) is 43.1 Å². The van der Waals surface area contributed by atoms with Gasteiger partial charge >= 0.3 is 0 Å². The van der Waals surface area contributed by atoms with E-state index in [-0.39, 0.29) is 0 Å². The second-order valence-electron chi connectivity index (χ2n) is 9.91. The molecule has 0 amide bonds. The molecule has 0 bridgehead atoms. The maximum Gasteiger partial charge on any atom is 0.119 e. The monoisotopic (exact) mass is 470 g/mol. The van der Waals surface area contributed by atoms with Gasteiger partial charge in [0.05, 0.1) is 12.8 Å². The summed E-state index contributed by atoms with van der Waals surface area (Å²) in [6.07, 6.45) is 8.54. The summed E-state index contributed by atoms with van der Waals surface area (Å²) < 4.78 is 5.49. The van der Waals surface area contributed by atoms with Crippen molar-refractivity contribution in [2.45, 2.75) is 51.7 Å². The number of anilines is 2. The van der Waals surface area contributed by atoms with Gasteiger partial charge in [-0.15, -0.1) is 0 Å². The van der Waals surface area contributed by atoms with Crippen LogP contribution in [0.2, 0.25) is 0 Å². The summed E-state index contributed by atoms with van der Waals surface area (Å²) in [6.45, 7) is 7.33. The van der Waals surface area contributed by atoms with Gasteiger partial charge in [0, 0.05) is 50.3 Å². The second kappa shape index (κ2) is 11.6. The van der Waals surface area contributed by atoms with Gasteiger partial charge in [-0.25, -0.2) is 0 Å². The quantitative estimate of drug-likeness (QED) is 0.390. The van der Waals surface area contributed by atoms with E-state index < -0.39 is 0 Å². The molecule has 5 nitrogen and oxygen atoms in total. The summed E-state index contributed by atoms with van der Waals surface area (Å²) >= 11 is 0. The van der Waals surface area contributed by atoms with E-state index in [4.69, 9.17) is 9.72 Å². The van der Waals surface area contributed by atoms with Crippen molar-refractivity contribution in [1.29, 1.82) is 0 Å². The van der Waals surface area contributed by atoms with E-state index in [9.17, 15) is 0 Å². The second-order valence-corrected chi connectivity index (χ2v) is 9.91. The summed E-state index contributed by atoms with van der Waals surface area (Å²) in [4.78, 5) is 12.2. The third kappa shape index (κ3) is 6.34. The molecule has 2 aliphatic heterocycles. The molecule has 0 aliphatic carbocycles. The van der Waals surface area contributed by atoms with E-state index in [0.29, 0.717) is 0 Å². The summed E-state index contributed by atoms with van der Waals surface area (Å²) in [5.74, 6) is 0.901. The lowest BCUT2D eigenvalue weighted by molar-refractivity contribution is 0.218. The van der Waals surface area contributed by atoms with Crippen molar-refractivity contribution in [2.24, 2.45) is 0 Å². The molecule has 0 spiro atoms. The van der Waals surface area contributed by atoms with Crippen molar-refractivity contribution in [3.63, 3.8) is 0 Å². The van der Waals surface area contributed by atoms with Gasteiger partial charge in [-0.2, -0.15) is 0 Å². The highest BCUT2D eigenvalue weighted by Crippen LogP contribution is 2.25. The molecule has 0 saturated carbocycles. The Bertz CT molecular complexity index is 1070. The van der Waals surface area contributed by atoms with Crippen LogP contribution in [-0.2, 0) is 19.6 Å². The smallest absolute Gasteiger partial charge is 0.119 e. The number of piperidine rings is 1. The van der Waals surface area contributed by atoms with Crippen LogP contribution in [0.15, 0.2) is 66.9 Å². The fourth-order valence-electron chi connectivity index (χ4n) is 5.33. The predicted octanol–water partition coefficient (Wildman–Crippen LogP) is 5.88. The van der Waals surface area contributed by atoms with E-state index in [2.05, 4.69) is 69.3 Å². The number of benzene rings is 2. The molecule has 3 aromatic rings. The molecule has 2 aromatic carbocycles. The molecule has 0 unspecified atom stereocenters. The van der Waals surface area contributed by atoms with E-state index in [0.717, 1.165) is 31.1 Å². The Morgan fingerprint density at radius 2 is 1.54 bits per heavy atom. The average Bonchev–Trinajstić information content (AvgIpc) is 3.45. The first-order chi connectivity index (χ1) is 17.3. The molecule has 0 atom stereocenters. The molecule has 1 aromatic heterocycles. The van der Waals surface area contributed by atoms with E-state index in [1.165, 1.54) is 80.8 Å². The molecule has 2 aliphatic rings. The Balaban J connectivity index is 1.36. The zero-order chi connectivity index (χ0) is 23.9. The van der Waals surface area contributed by atoms with Crippen LogP contribution < -0.4 is 14.5 Å². The van der Waals surface area contributed by atoms with Crippen LogP contribution in [0, 0.1) is 0 Å². The molecule has 2 fully saturated rings. The molecule has 2 saturated heterocycles. The fraction of sp³-hybridized carbons (Fsp3) is 0.433. The van der Waals surface area contributed by atoms with Crippen molar-refractivity contribution in [3.05, 3.63) is 83.7 Å². The third-order valence-corrected chi connectivity index (χ3v) is 7.29. The Kier molecular flexibility index (Phi) is 7.84. The lowest BCUT2D eigenvalue weighted by atomic mass is 10.1. The van der Waals surface area contributed by atoms with Crippen molar-refractivity contribution < 1.29 is 4.74 Å². The predicted molar refractivity (Wildman–Crippen MR) is 144 cm³/mol. The van der Waals surface area contributed by atoms with Crippen LogP contribution in [0.3, 0.4) is 0 Å². The highest BCUT2D eigenvalue weighted by atomic mass is 16.5. The van der Waals surface area contributed by atoms with Crippen molar-refractivity contribution in [1.82, 2.24) is 9.88 Å². The van der Waals surface area contributed by atoms with Crippen LogP contribution >= 0.6 is 0 Å². The molecular weight excluding hydrogens is 432 g/mol. The summed E-state index contributed by atoms with van der Waals surface area (Å²) in [5, 5.41) is 0.